The van der Waals surface area contributed by atoms with Crippen molar-refractivity contribution in [3.8, 4) is 5.75 Å². The van der Waals surface area contributed by atoms with Crippen molar-refractivity contribution in [1.29, 1.82) is 0 Å². The number of likely N-dealkylation sites (tertiary alicyclic amines) is 1. The molecule has 0 bridgehead atoms. The Morgan fingerprint density at radius 3 is 2.77 bits per heavy atom. The average Bonchev–Trinajstić information content (AvgIpc) is 3.10. The van der Waals surface area contributed by atoms with E-state index in [1.54, 1.807) is 11.3 Å². The normalized spacial score (nSPS) is 15.3. The van der Waals surface area contributed by atoms with Crippen molar-refractivity contribution >= 4 is 43.4 Å². The summed E-state index contributed by atoms with van der Waals surface area (Å²) in [5, 5.41) is 1.20. The highest BCUT2D eigenvalue weighted by Crippen LogP contribution is 2.33. The van der Waals surface area contributed by atoms with E-state index in [0.717, 1.165) is 35.9 Å². The molecule has 2 heterocycles. The highest BCUT2D eigenvalue weighted by Gasteiger charge is 2.26. The maximum Gasteiger partial charge on any atom is 0.260 e. The van der Waals surface area contributed by atoms with E-state index in [4.69, 9.17) is 9.72 Å². The van der Waals surface area contributed by atoms with Crippen molar-refractivity contribution in [2.75, 3.05) is 19.7 Å². The standard InChI is InChI=1S/C20H19BrN2O2S/c21-15-4-3-5-16(12-15)25-13-19(24)23-10-8-14(9-11-23)20-22-17-6-1-2-7-18(17)26-20/h1-7,12,14H,8-11,13H2. The SMILES string of the molecule is O=C(COc1cccc(Br)c1)N1CCC(c2nc3ccccc3s2)CC1. The van der Waals surface area contributed by atoms with Crippen molar-refractivity contribution < 1.29 is 9.53 Å². The molecule has 1 amide bonds. The number of piperidine rings is 1. The number of fused-ring (bicyclic) bond motifs is 1. The zero-order valence-corrected chi connectivity index (χ0v) is 16.6. The highest BCUT2D eigenvalue weighted by molar-refractivity contribution is 9.10. The number of aromatic nitrogens is 1. The first kappa shape index (κ1) is 17.5. The summed E-state index contributed by atoms with van der Waals surface area (Å²) in [5.74, 6) is 1.20. The molecule has 0 aliphatic carbocycles. The first-order chi connectivity index (χ1) is 12.7. The molecule has 134 valence electrons. The second kappa shape index (κ2) is 7.76. The molecule has 2 aromatic carbocycles. The Morgan fingerprint density at radius 1 is 1.19 bits per heavy atom. The summed E-state index contributed by atoms with van der Waals surface area (Å²) in [6, 6.07) is 15.8. The largest absolute Gasteiger partial charge is 0.484 e. The Labute approximate surface area is 164 Å². The van der Waals surface area contributed by atoms with Gasteiger partial charge in [-0.3, -0.25) is 4.79 Å². The number of carbonyl (C=O) groups is 1. The Kier molecular flexibility index (Phi) is 5.22. The summed E-state index contributed by atoms with van der Waals surface area (Å²) in [6.07, 6.45) is 1.92. The van der Waals surface area contributed by atoms with E-state index in [1.807, 2.05) is 35.2 Å². The molecule has 26 heavy (non-hydrogen) atoms. The summed E-state index contributed by atoms with van der Waals surface area (Å²) < 4.78 is 7.80. The number of ether oxygens (including phenoxy) is 1. The molecule has 0 radical (unpaired) electrons. The van der Waals surface area contributed by atoms with Crippen LogP contribution in [0.25, 0.3) is 10.2 Å². The van der Waals surface area contributed by atoms with Crippen LogP contribution in [0.3, 0.4) is 0 Å². The topological polar surface area (TPSA) is 42.4 Å². The van der Waals surface area contributed by atoms with Crippen molar-refractivity contribution in [3.63, 3.8) is 0 Å². The summed E-state index contributed by atoms with van der Waals surface area (Å²) in [4.78, 5) is 19.1. The molecule has 0 atom stereocenters. The van der Waals surface area contributed by atoms with Crippen molar-refractivity contribution in [1.82, 2.24) is 9.88 Å². The van der Waals surface area contributed by atoms with Crippen LogP contribution in [0.2, 0.25) is 0 Å². The molecule has 0 spiro atoms. The number of para-hydroxylation sites is 1. The van der Waals surface area contributed by atoms with Crippen molar-refractivity contribution in [3.05, 3.63) is 58.0 Å². The second-order valence-electron chi connectivity index (χ2n) is 6.42. The number of halogens is 1. The van der Waals surface area contributed by atoms with Gasteiger partial charge >= 0.3 is 0 Å². The van der Waals surface area contributed by atoms with Crippen LogP contribution in [0, 0.1) is 0 Å². The fraction of sp³-hybridized carbons (Fsp3) is 0.300. The monoisotopic (exact) mass is 430 g/mol. The van der Waals surface area contributed by atoms with E-state index in [1.165, 1.54) is 9.71 Å². The van der Waals surface area contributed by atoms with Gasteiger partial charge in [-0.1, -0.05) is 34.1 Å². The Balaban J connectivity index is 1.32. The predicted octanol–water partition coefficient (Wildman–Crippen LogP) is 4.84. The molecule has 6 heteroatoms. The van der Waals surface area contributed by atoms with Gasteiger partial charge in [0.05, 0.1) is 15.2 Å². The smallest absolute Gasteiger partial charge is 0.260 e. The number of carbonyl (C=O) groups excluding carboxylic acids is 1. The van der Waals surface area contributed by atoms with E-state index in [2.05, 4.69) is 34.1 Å². The third-order valence-electron chi connectivity index (χ3n) is 4.67. The number of benzene rings is 2. The van der Waals surface area contributed by atoms with Crippen LogP contribution in [-0.4, -0.2) is 35.5 Å². The van der Waals surface area contributed by atoms with Gasteiger partial charge in [-0.25, -0.2) is 4.98 Å². The van der Waals surface area contributed by atoms with Gasteiger partial charge in [0.1, 0.15) is 5.75 Å². The first-order valence-electron chi connectivity index (χ1n) is 8.70. The van der Waals surface area contributed by atoms with E-state index >= 15 is 0 Å². The van der Waals surface area contributed by atoms with Crippen LogP contribution in [0.1, 0.15) is 23.8 Å². The van der Waals surface area contributed by atoms with E-state index in [-0.39, 0.29) is 12.5 Å². The molecule has 1 aliphatic heterocycles. The summed E-state index contributed by atoms with van der Waals surface area (Å²) in [6.45, 7) is 1.62. The Morgan fingerprint density at radius 2 is 2.00 bits per heavy atom. The van der Waals surface area contributed by atoms with E-state index < -0.39 is 0 Å². The molecule has 4 nitrogen and oxygen atoms in total. The zero-order chi connectivity index (χ0) is 17.9. The Bertz CT molecular complexity index is 886. The van der Waals surface area contributed by atoms with Gasteiger partial charge < -0.3 is 9.64 Å². The third-order valence-corrected chi connectivity index (χ3v) is 6.36. The molecular formula is C20H19BrN2O2S. The fourth-order valence-corrected chi connectivity index (χ4v) is 4.75. The number of amides is 1. The van der Waals surface area contributed by atoms with Crippen LogP contribution in [0.15, 0.2) is 53.0 Å². The number of hydrogen-bond donors (Lipinski definition) is 0. The summed E-state index contributed by atoms with van der Waals surface area (Å²) in [7, 11) is 0. The molecule has 1 saturated heterocycles. The lowest BCUT2D eigenvalue weighted by Crippen LogP contribution is -2.40. The maximum atomic E-state index is 12.4. The molecule has 1 fully saturated rings. The number of nitrogens with zero attached hydrogens (tertiary/aromatic N) is 2. The molecule has 4 rings (SSSR count). The van der Waals surface area contributed by atoms with Crippen molar-refractivity contribution in [2.24, 2.45) is 0 Å². The molecular weight excluding hydrogens is 412 g/mol. The first-order valence-corrected chi connectivity index (χ1v) is 10.3. The van der Waals surface area contributed by atoms with Crippen LogP contribution < -0.4 is 4.74 Å². The van der Waals surface area contributed by atoms with Crippen molar-refractivity contribution in [2.45, 2.75) is 18.8 Å². The van der Waals surface area contributed by atoms with E-state index in [9.17, 15) is 4.79 Å². The molecule has 3 aromatic rings. The van der Waals surface area contributed by atoms with Gasteiger partial charge in [0.25, 0.3) is 5.91 Å². The molecule has 0 N–H and O–H groups in total. The number of thiazole rings is 1. The maximum absolute atomic E-state index is 12.4. The lowest BCUT2D eigenvalue weighted by Gasteiger charge is -2.31. The average molecular weight is 431 g/mol. The second-order valence-corrected chi connectivity index (χ2v) is 8.40. The van der Waals surface area contributed by atoms with Crippen LogP contribution in [0.5, 0.6) is 5.75 Å². The van der Waals surface area contributed by atoms with Crippen LogP contribution in [-0.2, 0) is 4.79 Å². The highest BCUT2D eigenvalue weighted by atomic mass is 79.9. The van der Waals surface area contributed by atoms with Gasteiger partial charge in [0.15, 0.2) is 6.61 Å². The fourth-order valence-electron chi connectivity index (χ4n) is 3.23. The minimum absolute atomic E-state index is 0.0488. The van der Waals surface area contributed by atoms with Crippen LogP contribution in [0.4, 0.5) is 0 Å². The van der Waals surface area contributed by atoms with Gasteiger partial charge in [-0.05, 0) is 43.2 Å². The quantitative estimate of drug-likeness (QED) is 0.594. The van der Waals surface area contributed by atoms with Gasteiger partial charge in [0, 0.05) is 23.5 Å². The molecule has 1 aliphatic rings. The van der Waals surface area contributed by atoms with Crippen LogP contribution >= 0.6 is 27.3 Å². The third kappa shape index (κ3) is 3.91. The van der Waals surface area contributed by atoms with Gasteiger partial charge in [-0.15, -0.1) is 11.3 Å². The minimum Gasteiger partial charge on any atom is -0.484 e. The zero-order valence-electron chi connectivity index (χ0n) is 14.2. The van der Waals surface area contributed by atoms with E-state index in [0.29, 0.717) is 11.7 Å². The number of rotatable bonds is 4. The molecule has 0 unspecified atom stereocenters. The predicted molar refractivity (Wildman–Crippen MR) is 108 cm³/mol. The lowest BCUT2D eigenvalue weighted by molar-refractivity contribution is -0.134. The molecule has 0 saturated carbocycles. The minimum atomic E-state index is 0.0488. The number of hydrogen-bond acceptors (Lipinski definition) is 4. The summed E-state index contributed by atoms with van der Waals surface area (Å²) >= 11 is 5.19. The summed E-state index contributed by atoms with van der Waals surface area (Å²) in [5.41, 5.74) is 1.08. The lowest BCUT2D eigenvalue weighted by atomic mass is 9.97. The molecule has 1 aromatic heterocycles. The van der Waals surface area contributed by atoms with Gasteiger partial charge in [0.2, 0.25) is 0 Å². The Hall–Kier alpha value is -1.92. The van der Waals surface area contributed by atoms with Gasteiger partial charge in [-0.2, -0.15) is 0 Å².